The number of nitrogens with one attached hydrogen (secondary N) is 1. The van der Waals surface area contributed by atoms with Crippen LogP contribution < -0.4 is 10.1 Å². The summed E-state index contributed by atoms with van der Waals surface area (Å²) in [7, 11) is 0. The zero-order chi connectivity index (χ0) is 14.4. The highest BCUT2D eigenvalue weighted by Crippen LogP contribution is 2.22. The molecule has 0 spiro atoms. The molecule has 106 valence electrons. The van der Waals surface area contributed by atoms with Gasteiger partial charge in [0.1, 0.15) is 11.5 Å². The molecule has 0 aliphatic carbocycles. The van der Waals surface area contributed by atoms with Crippen LogP contribution in [0.2, 0.25) is 0 Å². The van der Waals surface area contributed by atoms with Crippen LogP contribution in [-0.2, 0) is 6.42 Å². The summed E-state index contributed by atoms with van der Waals surface area (Å²) in [5, 5.41) is 3.34. The van der Waals surface area contributed by atoms with E-state index in [1.807, 2.05) is 24.3 Å². The molecule has 3 nitrogen and oxygen atoms in total. The highest BCUT2D eigenvalue weighted by molar-refractivity contribution is 5.32. The van der Waals surface area contributed by atoms with Crippen molar-refractivity contribution in [2.24, 2.45) is 0 Å². The van der Waals surface area contributed by atoms with Gasteiger partial charge in [0.05, 0.1) is 11.9 Å². The summed E-state index contributed by atoms with van der Waals surface area (Å²) in [6, 6.07) is 12.4. The van der Waals surface area contributed by atoms with Crippen molar-refractivity contribution >= 4 is 0 Å². The van der Waals surface area contributed by atoms with Crippen molar-refractivity contribution in [2.75, 3.05) is 6.54 Å². The Morgan fingerprint density at radius 2 is 1.75 bits per heavy atom. The maximum atomic E-state index is 5.79. The van der Waals surface area contributed by atoms with Gasteiger partial charge in [-0.3, -0.25) is 4.98 Å². The molecule has 1 N–H and O–H groups in total. The van der Waals surface area contributed by atoms with Gasteiger partial charge in [-0.2, -0.15) is 0 Å². The normalized spacial score (nSPS) is 12.2. The number of hydrogen-bond acceptors (Lipinski definition) is 3. The number of hydrogen-bond donors (Lipinski definition) is 1. The predicted molar refractivity (Wildman–Crippen MR) is 82.2 cm³/mol. The Kier molecular flexibility index (Phi) is 5.13. The zero-order valence-corrected chi connectivity index (χ0v) is 12.4. The van der Waals surface area contributed by atoms with Gasteiger partial charge in [0.15, 0.2) is 0 Å². The van der Waals surface area contributed by atoms with Gasteiger partial charge < -0.3 is 10.1 Å². The topological polar surface area (TPSA) is 34.1 Å². The highest BCUT2D eigenvalue weighted by atomic mass is 16.5. The molecule has 2 rings (SSSR count). The van der Waals surface area contributed by atoms with Crippen molar-refractivity contribution in [3.05, 3.63) is 53.9 Å². The van der Waals surface area contributed by atoms with E-state index in [1.165, 1.54) is 5.56 Å². The van der Waals surface area contributed by atoms with E-state index in [1.54, 1.807) is 6.20 Å². The monoisotopic (exact) mass is 270 g/mol. The van der Waals surface area contributed by atoms with Gasteiger partial charge in [-0.15, -0.1) is 0 Å². The van der Waals surface area contributed by atoms with Gasteiger partial charge in [-0.25, -0.2) is 0 Å². The first-order valence-electron chi connectivity index (χ1n) is 7.19. The van der Waals surface area contributed by atoms with Gasteiger partial charge in [0.2, 0.25) is 0 Å². The maximum Gasteiger partial charge on any atom is 0.145 e. The summed E-state index contributed by atoms with van der Waals surface area (Å²) in [5.74, 6) is 1.61. The van der Waals surface area contributed by atoms with Crippen LogP contribution in [0.1, 0.15) is 38.1 Å². The van der Waals surface area contributed by atoms with Gasteiger partial charge in [0.25, 0.3) is 0 Å². The molecule has 1 aromatic heterocycles. The van der Waals surface area contributed by atoms with Crippen molar-refractivity contribution in [2.45, 2.75) is 33.2 Å². The van der Waals surface area contributed by atoms with E-state index in [0.717, 1.165) is 30.2 Å². The van der Waals surface area contributed by atoms with Crippen molar-refractivity contribution in [3.63, 3.8) is 0 Å². The number of aromatic nitrogens is 1. The number of nitrogens with zero attached hydrogens (tertiary/aromatic N) is 1. The molecule has 0 aliphatic rings. The third-order valence-corrected chi connectivity index (χ3v) is 3.28. The molecule has 1 heterocycles. The van der Waals surface area contributed by atoms with Crippen LogP contribution in [-0.4, -0.2) is 11.5 Å². The van der Waals surface area contributed by atoms with Gasteiger partial charge in [-0.1, -0.05) is 26.0 Å². The lowest BCUT2D eigenvalue weighted by atomic mass is 10.2. The molecule has 1 aromatic carbocycles. The van der Waals surface area contributed by atoms with Crippen LogP contribution in [0.4, 0.5) is 0 Å². The molecule has 0 radical (unpaired) electrons. The Labute approximate surface area is 121 Å². The SMILES string of the molecule is CCNC(C)c1ccc(Oc2ccc(CC)cc2)cn1. The Hall–Kier alpha value is -1.87. The zero-order valence-electron chi connectivity index (χ0n) is 12.4. The second-order valence-corrected chi connectivity index (χ2v) is 4.80. The average molecular weight is 270 g/mol. The van der Waals surface area contributed by atoms with Crippen LogP contribution >= 0.6 is 0 Å². The molecule has 0 saturated heterocycles. The Balaban J connectivity index is 2.02. The molecule has 20 heavy (non-hydrogen) atoms. The lowest BCUT2D eigenvalue weighted by Crippen LogP contribution is -2.18. The fraction of sp³-hybridized carbons (Fsp3) is 0.353. The minimum absolute atomic E-state index is 0.262. The Morgan fingerprint density at radius 3 is 2.30 bits per heavy atom. The van der Waals surface area contributed by atoms with Crippen molar-refractivity contribution in [1.82, 2.24) is 10.3 Å². The van der Waals surface area contributed by atoms with E-state index in [0.29, 0.717) is 0 Å². The average Bonchev–Trinajstić information content (AvgIpc) is 2.49. The number of aryl methyl sites for hydroxylation is 1. The summed E-state index contributed by atoms with van der Waals surface area (Å²) in [4.78, 5) is 4.44. The van der Waals surface area contributed by atoms with E-state index in [-0.39, 0.29) is 6.04 Å². The van der Waals surface area contributed by atoms with Crippen molar-refractivity contribution in [1.29, 1.82) is 0 Å². The summed E-state index contributed by atoms with van der Waals surface area (Å²) in [5.41, 5.74) is 2.34. The summed E-state index contributed by atoms with van der Waals surface area (Å²) >= 11 is 0. The fourth-order valence-corrected chi connectivity index (χ4v) is 2.05. The lowest BCUT2D eigenvalue weighted by Gasteiger charge is -2.12. The van der Waals surface area contributed by atoms with Gasteiger partial charge in [-0.05, 0) is 49.7 Å². The van der Waals surface area contributed by atoms with Crippen LogP contribution in [0, 0.1) is 0 Å². The number of rotatable bonds is 6. The smallest absolute Gasteiger partial charge is 0.145 e. The fourth-order valence-electron chi connectivity index (χ4n) is 2.05. The second kappa shape index (κ2) is 7.06. The second-order valence-electron chi connectivity index (χ2n) is 4.80. The summed E-state index contributed by atoms with van der Waals surface area (Å²) < 4.78 is 5.79. The van der Waals surface area contributed by atoms with Crippen LogP contribution in [0.15, 0.2) is 42.6 Å². The van der Waals surface area contributed by atoms with Crippen LogP contribution in [0.3, 0.4) is 0 Å². The quantitative estimate of drug-likeness (QED) is 0.857. The molecule has 0 fully saturated rings. The van der Waals surface area contributed by atoms with E-state index in [2.05, 4.69) is 43.2 Å². The Morgan fingerprint density at radius 1 is 1.05 bits per heavy atom. The molecule has 1 unspecified atom stereocenters. The first-order valence-corrected chi connectivity index (χ1v) is 7.19. The maximum absolute atomic E-state index is 5.79. The molecular formula is C17H22N2O. The third kappa shape index (κ3) is 3.81. The molecule has 0 aliphatic heterocycles. The molecule has 0 bridgehead atoms. The number of pyridine rings is 1. The third-order valence-electron chi connectivity index (χ3n) is 3.28. The largest absolute Gasteiger partial charge is 0.456 e. The molecule has 3 heteroatoms. The highest BCUT2D eigenvalue weighted by Gasteiger charge is 2.05. The standard InChI is InChI=1S/C17H22N2O/c1-4-14-6-8-15(9-7-14)20-16-10-11-17(19-12-16)13(3)18-5-2/h6-13,18H,4-5H2,1-3H3. The first-order chi connectivity index (χ1) is 9.72. The summed E-state index contributed by atoms with van der Waals surface area (Å²) in [6.45, 7) is 7.28. The molecule has 1 atom stereocenters. The molecular weight excluding hydrogens is 248 g/mol. The molecule has 2 aromatic rings. The summed E-state index contributed by atoms with van der Waals surface area (Å²) in [6.07, 6.45) is 2.82. The molecule has 0 saturated carbocycles. The number of ether oxygens (including phenoxy) is 1. The van der Waals surface area contributed by atoms with E-state index >= 15 is 0 Å². The van der Waals surface area contributed by atoms with E-state index < -0.39 is 0 Å². The minimum atomic E-state index is 0.262. The number of benzene rings is 1. The van der Waals surface area contributed by atoms with E-state index in [4.69, 9.17) is 4.74 Å². The molecule has 0 amide bonds. The van der Waals surface area contributed by atoms with E-state index in [9.17, 15) is 0 Å². The Bertz CT molecular complexity index is 520. The lowest BCUT2D eigenvalue weighted by molar-refractivity contribution is 0.478. The minimum Gasteiger partial charge on any atom is -0.456 e. The first kappa shape index (κ1) is 14.5. The van der Waals surface area contributed by atoms with Gasteiger partial charge >= 0.3 is 0 Å². The van der Waals surface area contributed by atoms with Crippen molar-refractivity contribution in [3.8, 4) is 11.5 Å². The van der Waals surface area contributed by atoms with Crippen LogP contribution in [0.25, 0.3) is 0 Å². The van der Waals surface area contributed by atoms with Gasteiger partial charge in [0, 0.05) is 6.04 Å². The predicted octanol–water partition coefficient (Wildman–Crippen LogP) is 4.11. The van der Waals surface area contributed by atoms with Crippen molar-refractivity contribution < 1.29 is 4.74 Å². The van der Waals surface area contributed by atoms with Crippen LogP contribution in [0.5, 0.6) is 11.5 Å².